The molecule has 2 rings (SSSR count). The van der Waals surface area contributed by atoms with E-state index < -0.39 is 5.97 Å². The Morgan fingerprint density at radius 1 is 1.22 bits per heavy atom. The van der Waals surface area contributed by atoms with E-state index >= 15 is 0 Å². The number of aromatic amines is 1. The number of ether oxygens (including phenoxy) is 1. The van der Waals surface area contributed by atoms with Crippen molar-refractivity contribution in [3.8, 4) is 0 Å². The van der Waals surface area contributed by atoms with Crippen LogP contribution in [0.4, 0.5) is 0 Å². The van der Waals surface area contributed by atoms with Crippen molar-refractivity contribution in [1.29, 1.82) is 0 Å². The van der Waals surface area contributed by atoms with Gasteiger partial charge in [-0.1, -0.05) is 30.3 Å². The molecule has 92 valence electrons. The zero-order chi connectivity index (χ0) is 13.0. The Morgan fingerprint density at radius 3 is 2.56 bits per heavy atom. The number of ketones is 1. The van der Waals surface area contributed by atoms with Crippen molar-refractivity contribution < 1.29 is 14.3 Å². The van der Waals surface area contributed by atoms with Crippen molar-refractivity contribution in [2.75, 3.05) is 0 Å². The van der Waals surface area contributed by atoms with Gasteiger partial charge in [0, 0.05) is 11.8 Å². The Labute approximate surface area is 105 Å². The number of hydrogen-bond acceptors (Lipinski definition) is 3. The fourth-order valence-electron chi connectivity index (χ4n) is 1.52. The molecule has 0 bridgehead atoms. The molecule has 1 aromatic carbocycles. The first-order valence-electron chi connectivity index (χ1n) is 5.57. The lowest BCUT2D eigenvalue weighted by atomic mass is 10.2. The van der Waals surface area contributed by atoms with E-state index in [9.17, 15) is 9.59 Å². The van der Waals surface area contributed by atoms with Crippen LogP contribution in [0.25, 0.3) is 0 Å². The summed E-state index contributed by atoms with van der Waals surface area (Å²) in [6.45, 7) is 1.66. The summed E-state index contributed by atoms with van der Waals surface area (Å²) < 4.78 is 5.13. The molecule has 18 heavy (non-hydrogen) atoms. The molecule has 0 radical (unpaired) electrons. The molecule has 0 aliphatic carbocycles. The van der Waals surface area contributed by atoms with Crippen LogP contribution in [0.15, 0.2) is 42.6 Å². The molecule has 1 N–H and O–H groups in total. The van der Waals surface area contributed by atoms with Gasteiger partial charge in [-0.2, -0.15) is 0 Å². The third-order valence-corrected chi connectivity index (χ3v) is 2.52. The summed E-state index contributed by atoms with van der Waals surface area (Å²) in [6, 6.07) is 10.9. The minimum Gasteiger partial charge on any atom is -0.456 e. The number of hydrogen-bond donors (Lipinski definition) is 1. The fourth-order valence-corrected chi connectivity index (χ4v) is 1.52. The van der Waals surface area contributed by atoms with E-state index in [0.29, 0.717) is 5.56 Å². The van der Waals surface area contributed by atoms with Crippen LogP contribution in [0.5, 0.6) is 0 Å². The maximum absolute atomic E-state index is 11.7. The molecule has 0 fully saturated rings. The Morgan fingerprint density at radius 2 is 1.94 bits per heavy atom. The average Bonchev–Trinajstić information content (AvgIpc) is 2.87. The first-order chi connectivity index (χ1) is 8.66. The topological polar surface area (TPSA) is 59.2 Å². The number of aromatic nitrogens is 1. The van der Waals surface area contributed by atoms with Crippen LogP contribution in [-0.2, 0) is 11.3 Å². The summed E-state index contributed by atoms with van der Waals surface area (Å²) >= 11 is 0. The predicted octanol–water partition coefficient (Wildman–Crippen LogP) is 2.57. The number of nitrogens with one attached hydrogen (secondary N) is 1. The zero-order valence-corrected chi connectivity index (χ0v) is 9.97. The van der Waals surface area contributed by atoms with Crippen molar-refractivity contribution in [3.63, 3.8) is 0 Å². The molecule has 4 nitrogen and oxygen atoms in total. The largest absolute Gasteiger partial charge is 0.456 e. The lowest BCUT2D eigenvalue weighted by molar-refractivity contribution is 0.0466. The molecule has 0 saturated carbocycles. The van der Waals surface area contributed by atoms with Crippen molar-refractivity contribution in [1.82, 2.24) is 4.98 Å². The number of carbonyl (C=O) groups is 2. The molecule has 2 aromatic rings. The van der Waals surface area contributed by atoms with Gasteiger partial charge < -0.3 is 9.72 Å². The maximum atomic E-state index is 11.7. The Bertz CT molecular complexity index is 557. The number of benzene rings is 1. The first kappa shape index (κ1) is 12.1. The summed E-state index contributed by atoms with van der Waals surface area (Å²) in [5.41, 5.74) is 1.68. The molecule has 0 aliphatic rings. The van der Waals surface area contributed by atoms with Gasteiger partial charge in [0.25, 0.3) is 0 Å². The maximum Gasteiger partial charge on any atom is 0.355 e. The van der Waals surface area contributed by atoms with E-state index in [0.717, 1.165) is 5.56 Å². The van der Waals surface area contributed by atoms with Crippen LogP contribution in [0.3, 0.4) is 0 Å². The second-order valence-electron chi connectivity index (χ2n) is 3.92. The van der Waals surface area contributed by atoms with Crippen LogP contribution in [-0.4, -0.2) is 16.7 Å². The van der Waals surface area contributed by atoms with Gasteiger partial charge in [0.1, 0.15) is 12.3 Å². The van der Waals surface area contributed by atoms with Crippen LogP contribution in [0.1, 0.15) is 33.3 Å². The van der Waals surface area contributed by atoms with E-state index in [1.807, 2.05) is 30.3 Å². The second kappa shape index (κ2) is 5.31. The molecular formula is C14H13NO3. The summed E-state index contributed by atoms with van der Waals surface area (Å²) in [6.07, 6.45) is 1.50. The minimum absolute atomic E-state index is 0.0895. The van der Waals surface area contributed by atoms with Gasteiger partial charge in [-0.05, 0) is 18.6 Å². The van der Waals surface area contributed by atoms with E-state index in [1.54, 1.807) is 0 Å². The highest BCUT2D eigenvalue weighted by molar-refractivity contribution is 5.97. The van der Waals surface area contributed by atoms with E-state index in [2.05, 4.69) is 4.98 Å². The minimum atomic E-state index is -0.466. The van der Waals surface area contributed by atoms with Gasteiger partial charge in [-0.25, -0.2) is 4.79 Å². The quantitative estimate of drug-likeness (QED) is 0.663. The smallest absolute Gasteiger partial charge is 0.355 e. The molecule has 0 unspecified atom stereocenters. The first-order valence-corrected chi connectivity index (χ1v) is 5.57. The molecule has 0 atom stereocenters. The highest BCUT2D eigenvalue weighted by atomic mass is 16.5. The number of Topliss-reactive ketones (excluding diaryl/α,β-unsaturated/α-hetero) is 1. The molecule has 0 aliphatic heterocycles. The molecule has 0 saturated heterocycles. The standard InChI is InChI=1S/C14H13NO3/c1-10(16)12-7-13(15-8-12)14(17)18-9-11-5-3-2-4-6-11/h2-8,15H,9H2,1H3. The van der Waals surface area contributed by atoms with Gasteiger partial charge in [0.15, 0.2) is 5.78 Å². The Balaban J connectivity index is 1.97. The monoisotopic (exact) mass is 243 g/mol. The summed E-state index contributed by atoms with van der Waals surface area (Å²) in [5, 5.41) is 0. The average molecular weight is 243 g/mol. The van der Waals surface area contributed by atoms with Crippen LogP contribution >= 0.6 is 0 Å². The molecule has 1 heterocycles. The number of H-pyrrole nitrogens is 1. The normalized spacial score (nSPS) is 10.1. The van der Waals surface area contributed by atoms with Crippen LogP contribution < -0.4 is 0 Å². The van der Waals surface area contributed by atoms with Gasteiger partial charge in [-0.3, -0.25) is 4.79 Å². The summed E-state index contributed by atoms with van der Waals surface area (Å²) in [7, 11) is 0. The Kier molecular flexibility index (Phi) is 3.57. The van der Waals surface area contributed by atoms with Crippen molar-refractivity contribution in [2.24, 2.45) is 0 Å². The summed E-state index contributed by atoms with van der Waals surface area (Å²) in [4.78, 5) is 25.5. The van der Waals surface area contributed by atoms with E-state index in [4.69, 9.17) is 4.74 Å². The number of carbonyl (C=O) groups excluding carboxylic acids is 2. The fraction of sp³-hybridized carbons (Fsp3) is 0.143. The highest BCUT2D eigenvalue weighted by Crippen LogP contribution is 2.08. The lowest BCUT2D eigenvalue weighted by Gasteiger charge is -2.02. The van der Waals surface area contributed by atoms with Gasteiger partial charge in [-0.15, -0.1) is 0 Å². The third-order valence-electron chi connectivity index (χ3n) is 2.52. The molecule has 0 amide bonds. The SMILES string of the molecule is CC(=O)c1c[nH]c(C(=O)OCc2ccccc2)c1. The number of rotatable bonds is 4. The van der Waals surface area contributed by atoms with Crippen LogP contribution in [0.2, 0.25) is 0 Å². The lowest BCUT2D eigenvalue weighted by Crippen LogP contribution is -2.05. The van der Waals surface area contributed by atoms with Gasteiger partial charge in [0.05, 0.1) is 0 Å². The molecule has 4 heteroatoms. The zero-order valence-electron chi connectivity index (χ0n) is 9.97. The summed E-state index contributed by atoms with van der Waals surface area (Å²) in [5.74, 6) is -0.556. The van der Waals surface area contributed by atoms with E-state index in [1.165, 1.54) is 19.2 Å². The molecule has 0 spiro atoms. The highest BCUT2D eigenvalue weighted by Gasteiger charge is 2.11. The molecule has 1 aromatic heterocycles. The van der Waals surface area contributed by atoms with Crippen molar-refractivity contribution in [3.05, 3.63) is 59.4 Å². The number of esters is 1. The van der Waals surface area contributed by atoms with Gasteiger partial charge in [0.2, 0.25) is 0 Å². The molecular weight excluding hydrogens is 230 g/mol. The second-order valence-corrected chi connectivity index (χ2v) is 3.92. The Hall–Kier alpha value is -2.36. The van der Waals surface area contributed by atoms with Gasteiger partial charge >= 0.3 is 5.97 Å². The van der Waals surface area contributed by atoms with Crippen LogP contribution in [0, 0.1) is 0 Å². The van der Waals surface area contributed by atoms with E-state index in [-0.39, 0.29) is 18.1 Å². The van der Waals surface area contributed by atoms with Crippen molar-refractivity contribution >= 4 is 11.8 Å². The predicted molar refractivity (Wildman–Crippen MR) is 66.4 cm³/mol. The third kappa shape index (κ3) is 2.85. The van der Waals surface area contributed by atoms with Crippen molar-refractivity contribution in [2.45, 2.75) is 13.5 Å².